The highest BCUT2D eigenvalue weighted by Gasteiger charge is 1.96. The molecule has 1 aromatic carbocycles. The van der Waals surface area contributed by atoms with Crippen molar-refractivity contribution in [3.8, 4) is 0 Å². The van der Waals surface area contributed by atoms with Crippen molar-refractivity contribution in [2.45, 2.75) is 33.1 Å². The molecule has 0 N–H and O–H groups in total. The number of allylic oxidation sites excluding steroid dienone is 4. The third-order valence-corrected chi connectivity index (χ3v) is 2.90. The normalized spacial score (nSPS) is 13.2. The summed E-state index contributed by atoms with van der Waals surface area (Å²) in [5.74, 6) is 0.643. The van der Waals surface area contributed by atoms with Gasteiger partial charge in [0.25, 0.3) is 0 Å². The summed E-state index contributed by atoms with van der Waals surface area (Å²) >= 11 is 0. The van der Waals surface area contributed by atoms with Crippen LogP contribution in [-0.2, 0) is 0 Å². The van der Waals surface area contributed by atoms with Gasteiger partial charge in [0, 0.05) is 0 Å². The lowest BCUT2D eigenvalue weighted by Gasteiger charge is -2.04. The highest BCUT2D eigenvalue weighted by atomic mass is 14.0. The molecular weight excluding hydrogens is 216 g/mol. The van der Waals surface area contributed by atoms with Crippen LogP contribution in [0.1, 0.15) is 38.7 Å². The predicted octanol–water partition coefficient (Wildman–Crippen LogP) is 5.64. The van der Waals surface area contributed by atoms with E-state index < -0.39 is 0 Å². The second-order valence-electron chi connectivity index (χ2n) is 4.98. The Balaban J connectivity index is 2.27. The Bertz CT molecular complexity index is 395. The second kappa shape index (κ2) is 8.52. The van der Waals surface area contributed by atoms with E-state index in [1.807, 2.05) is 6.07 Å². The van der Waals surface area contributed by atoms with E-state index in [0.29, 0.717) is 5.92 Å². The topological polar surface area (TPSA) is 0 Å². The number of hydrogen-bond acceptors (Lipinski definition) is 0. The van der Waals surface area contributed by atoms with Crippen molar-refractivity contribution < 1.29 is 0 Å². The van der Waals surface area contributed by atoms with Gasteiger partial charge in [-0.3, -0.25) is 0 Å². The third-order valence-electron chi connectivity index (χ3n) is 2.90. The maximum atomic E-state index is 3.93. The molecule has 0 heteroatoms. The van der Waals surface area contributed by atoms with Gasteiger partial charge in [-0.05, 0) is 37.7 Å². The molecule has 0 bridgehead atoms. The molecule has 0 spiro atoms. The van der Waals surface area contributed by atoms with Crippen LogP contribution >= 0.6 is 0 Å². The zero-order valence-electron chi connectivity index (χ0n) is 11.6. The maximum absolute atomic E-state index is 3.93. The van der Waals surface area contributed by atoms with Crippen LogP contribution in [0.25, 0.3) is 6.08 Å². The molecule has 1 aromatic rings. The fourth-order valence-electron chi connectivity index (χ4n) is 1.81. The van der Waals surface area contributed by atoms with Gasteiger partial charge in [-0.1, -0.05) is 67.1 Å². The van der Waals surface area contributed by atoms with Gasteiger partial charge in [0.2, 0.25) is 0 Å². The van der Waals surface area contributed by atoms with Crippen LogP contribution < -0.4 is 0 Å². The van der Waals surface area contributed by atoms with Crippen molar-refractivity contribution >= 4 is 6.08 Å². The van der Waals surface area contributed by atoms with E-state index in [0.717, 1.165) is 6.42 Å². The Hall–Kier alpha value is -1.56. The minimum Gasteiger partial charge on any atom is -0.100 e. The maximum Gasteiger partial charge on any atom is -0.0257 e. The lowest BCUT2D eigenvalue weighted by molar-refractivity contribution is 0.605. The van der Waals surface area contributed by atoms with Gasteiger partial charge < -0.3 is 0 Å². The fourth-order valence-corrected chi connectivity index (χ4v) is 1.81. The minimum absolute atomic E-state index is 0.643. The van der Waals surface area contributed by atoms with Crippen LogP contribution in [0.4, 0.5) is 0 Å². The fraction of sp³-hybridized carbons (Fsp3) is 0.333. The van der Waals surface area contributed by atoms with Crippen molar-refractivity contribution in [2.75, 3.05) is 0 Å². The standard InChI is InChI=1S/C18H24/c1-16(2)10-9-12-17(3)11-7-8-15-18-13-5-4-6-14-18/h4-8,11,13-15,17H,1,9-10,12H2,2-3H3/b11-7+,15-8-/t17-/m0/s1. The first kappa shape index (κ1) is 14.5. The van der Waals surface area contributed by atoms with E-state index in [9.17, 15) is 0 Å². The molecule has 1 rings (SSSR count). The van der Waals surface area contributed by atoms with Gasteiger partial charge in [0.1, 0.15) is 0 Å². The van der Waals surface area contributed by atoms with Crippen molar-refractivity contribution in [3.63, 3.8) is 0 Å². The quantitative estimate of drug-likeness (QED) is 0.427. The van der Waals surface area contributed by atoms with Crippen LogP contribution in [0, 0.1) is 5.92 Å². The van der Waals surface area contributed by atoms with E-state index >= 15 is 0 Å². The Morgan fingerprint density at radius 3 is 2.61 bits per heavy atom. The van der Waals surface area contributed by atoms with Crippen molar-refractivity contribution in [1.29, 1.82) is 0 Å². The van der Waals surface area contributed by atoms with Gasteiger partial charge in [-0.2, -0.15) is 0 Å². The highest BCUT2D eigenvalue weighted by molar-refractivity contribution is 5.50. The van der Waals surface area contributed by atoms with Gasteiger partial charge >= 0.3 is 0 Å². The molecule has 0 nitrogen and oxygen atoms in total. The highest BCUT2D eigenvalue weighted by Crippen LogP contribution is 2.12. The molecule has 1 atom stereocenters. The molecule has 0 aromatic heterocycles. The van der Waals surface area contributed by atoms with Gasteiger partial charge in [-0.15, -0.1) is 6.58 Å². The molecule has 0 radical (unpaired) electrons. The summed E-state index contributed by atoms with van der Waals surface area (Å²) in [5.41, 5.74) is 2.53. The van der Waals surface area contributed by atoms with E-state index in [1.165, 1.54) is 24.0 Å². The summed E-state index contributed by atoms with van der Waals surface area (Å²) in [7, 11) is 0. The molecule has 0 aliphatic carbocycles. The average Bonchev–Trinajstić information content (AvgIpc) is 2.35. The largest absolute Gasteiger partial charge is 0.100 e. The Kier molecular flexibility index (Phi) is 6.86. The zero-order valence-corrected chi connectivity index (χ0v) is 11.6. The molecule has 0 fully saturated rings. The zero-order chi connectivity index (χ0) is 13.2. The van der Waals surface area contributed by atoms with Crippen LogP contribution in [0.2, 0.25) is 0 Å². The molecular formula is C18H24. The third kappa shape index (κ3) is 6.90. The lowest BCUT2D eigenvalue weighted by atomic mass is 10.0. The monoisotopic (exact) mass is 240 g/mol. The summed E-state index contributed by atoms with van der Waals surface area (Å²) in [6, 6.07) is 10.4. The molecule has 0 heterocycles. The van der Waals surface area contributed by atoms with E-state index in [2.05, 4.69) is 69.0 Å². The molecule has 0 saturated heterocycles. The van der Waals surface area contributed by atoms with E-state index in [4.69, 9.17) is 0 Å². The Labute approximate surface area is 112 Å². The molecule has 96 valence electrons. The predicted molar refractivity (Wildman–Crippen MR) is 82.4 cm³/mol. The molecule has 0 saturated carbocycles. The number of benzene rings is 1. The number of rotatable bonds is 7. The molecule has 0 aliphatic rings. The first-order valence-corrected chi connectivity index (χ1v) is 6.73. The van der Waals surface area contributed by atoms with E-state index in [1.54, 1.807) is 0 Å². The SMILES string of the molecule is C=C(C)CCC[C@@H](C)/C=C/C=C\c1ccccc1. The number of hydrogen-bond donors (Lipinski definition) is 0. The summed E-state index contributed by atoms with van der Waals surface area (Å²) < 4.78 is 0. The Morgan fingerprint density at radius 2 is 1.94 bits per heavy atom. The van der Waals surface area contributed by atoms with Crippen molar-refractivity contribution in [3.05, 3.63) is 66.3 Å². The Morgan fingerprint density at radius 1 is 1.22 bits per heavy atom. The summed E-state index contributed by atoms with van der Waals surface area (Å²) in [6.45, 7) is 8.30. The van der Waals surface area contributed by atoms with Crippen molar-refractivity contribution in [2.24, 2.45) is 5.92 Å². The first-order valence-electron chi connectivity index (χ1n) is 6.73. The molecule has 0 unspecified atom stereocenters. The van der Waals surface area contributed by atoms with Gasteiger partial charge in [0.15, 0.2) is 0 Å². The lowest BCUT2D eigenvalue weighted by Crippen LogP contribution is -1.89. The van der Waals surface area contributed by atoms with Gasteiger partial charge in [0.05, 0.1) is 0 Å². The van der Waals surface area contributed by atoms with Gasteiger partial charge in [-0.25, -0.2) is 0 Å². The van der Waals surface area contributed by atoms with E-state index in [-0.39, 0.29) is 0 Å². The molecule has 0 aliphatic heterocycles. The summed E-state index contributed by atoms with van der Waals surface area (Å²) in [5, 5.41) is 0. The molecule has 0 amide bonds. The summed E-state index contributed by atoms with van der Waals surface area (Å²) in [4.78, 5) is 0. The van der Waals surface area contributed by atoms with Crippen LogP contribution in [-0.4, -0.2) is 0 Å². The molecule has 18 heavy (non-hydrogen) atoms. The van der Waals surface area contributed by atoms with Crippen LogP contribution in [0.3, 0.4) is 0 Å². The summed E-state index contributed by atoms with van der Waals surface area (Å²) in [6.07, 6.45) is 12.3. The average molecular weight is 240 g/mol. The smallest absolute Gasteiger partial charge is 0.0257 e. The van der Waals surface area contributed by atoms with Crippen LogP contribution in [0.5, 0.6) is 0 Å². The van der Waals surface area contributed by atoms with Crippen molar-refractivity contribution in [1.82, 2.24) is 0 Å². The first-order chi connectivity index (χ1) is 8.68. The van der Waals surface area contributed by atoms with Crippen LogP contribution in [0.15, 0.2) is 60.7 Å². The second-order valence-corrected chi connectivity index (χ2v) is 4.98. The minimum atomic E-state index is 0.643.